The molecule has 0 aliphatic carbocycles. The van der Waals surface area contributed by atoms with Crippen molar-refractivity contribution in [3.05, 3.63) is 29.8 Å². The van der Waals surface area contributed by atoms with Crippen molar-refractivity contribution < 1.29 is 9.59 Å². The van der Waals surface area contributed by atoms with Crippen LogP contribution < -0.4 is 10.6 Å². The van der Waals surface area contributed by atoms with Crippen molar-refractivity contribution in [1.29, 1.82) is 0 Å². The van der Waals surface area contributed by atoms with Crippen molar-refractivity contribution >= 4 is 17.5 Å². The average molecular weight is 277 g/mol. The van der Waals surface area contributed by atoms with E-state index in [2.05, 4.69) is 10.6 Å². The van der Waals surface area contributed by atoms with Crippen LogP contribution in [-0.4, -0.2) is 42.9 Å². The third kappa shape index (κ3) is 4.57. The molecule has 5 heteroatoms. The average Bonchev–Trinajstić information content (AvgIpc) is 2.37. The molecule has 20 heavy (non-hydrogen) atoms. The van der Waals surface area contributed by atoms with Gasteiger partial charge in [-0.05, 0) is 32.9 Å². The van der Waals surface area contributed by atoms with Gasteiger partial charge in [-0.1, -0.05) is 12.1 Å². The predicted octanol–water partition coefficient (Wildman–Crippen LogP) is 1.71. The lowest BCUT2D eigenvalue weighted by atomic mass is 10.1. The smallest absolute Gasteiger partial charge is 0.256 e. The summed E-state index contributed by atoms with van der Waals surface area (Å²) in [5.74, 6) is -0.322. The number of hydrogen-bond donors (Lipinski definition) is 2. The van der Waals surface area contributed by atoms with E-state index in [1.165, 1.54) is 4.90 Å². The fourth-order valence-corrected chi connectivity index (χ4v) is 1.87. The Morgan fingerprint density at radius 2 is 1.90 bits per heavy atom. The summed E-state index contributed by atoms with van der Waals surface area (Å²) >= 11 is 0. The van der Waals surface area contributed by atoms with Gasteiger partial charge in [0.2, 0.25) is 5.91 Å². The first-order chi connectivity index (χ1) is 9.45. The van der Waals surface area contributed by atoms with Gasteiger partial charge in [-0.2, -0.15) is 0 Å². The van der Waals surface area contributed by atoms with Crippen LogP contribution in [0.1, 0.15) is 31.1 Å². The highest BCUT2D eigenvalue weighted by Gasteiger charge is 2.17. The number of hydrogen-bond acceptors (Lipinski definition) is 3. The summed E-state index contributed by atoms with van der Waals surface area (Å²) in [6.45, 7) is 6.54. The number of anilines is 1. The molecular weight excluding hydrogens is 254 g/mol. The molecule has 0 radical (unpaired) electrons. The summed E-state index contributed by atoms with van der Waals surface area (Å²) in [4.78, 5) is 25.5. The van der Waals surface area contributed by atoms with Crippen LogP contribution in [0, 0.1) is 0 Å². The number of carbonyl (C=O) groups is 2. The van der Waals surface area contributed by atoms with Gasteiger partial charge in [0.15, 0.2) is 0 Å². The number of nitrogens with one attached hydrogen (secondary N) is 2. The molecule has 0 atom stereocenters. The maximum absolute atomic E-state index is 12.4. The number of para-hydroxylation sites is 1. The number of benzene rings is 1. The normalized spacial score (nSPS) is 10.2. The zero-order chi connectivity index (χ0) is 15.1. The minimum absolute atomic E-state index is 0.0530. The largest absolute Gasteiger partial charge is 0.385 e. The van der Waals surface area contributed by atoms with E-state index in [1.54, 1.807) is 13.1 Å². The van der Waals surface area contributed by atoms with Crippen molar-refractivity contribution in [1.82, 2.24) is 10.2 Å². The summed E-state index contributed by atoms with van der Waals surface area (Å²) < 4.78 is 0. The molecule has 110 valence electrons. The highest BCUT2D eigenvalue weighted by atomic mass is 16.2. The van der Waals surface area contributed by atoms with Gasteiger partial charge in [-0.15, -0.1) is 0 Å². The first kappa shape index (κ1) is 16.0. The molecule has 2 N–H and O–H groups in total. The lowest BCUT2D eigenvalue weighted by Gasteiger charge is -2.19. The quantitative estimate of drug-likeness (QED) is 0.832. The Bertz CT molecular complexity index is 472. The molecule has 0 saturated carbocycles. The van der Waals surface area contributed by atoms with E-state index >= 15 is 0 Å². The molecule has 0 aliphatic rings. The number of nitrogens with zero attached hydrogens (tertiary/aromatic N) is 1. The molecule has 0 aromatic heterocycles. The highest BCUT2D eigenvalue weighted by molar-refractivity contribution is 6.01. The molecule has 1 aromatic rings. The van der Waals surface area contributed by atoms with Crippen LogP contribution >= 0.6 is 0 Å². The van der Waals surface area contributed by atoms with E-state index in [1.807, 2.05) is 39.0 Å². The van der Waals surface area contributed by atoms with Crippen LogP contribution in [0.3, 0.4) is 0 Å². The van der Waals surface area contributed by atoms with Gasteiger partial charge in [0, 0.05) is 25.3 Å². The third-order valence-electron chi connectivity index (χ3n) is 2.70. The minimum atomic E-state index is -0.166. The SMILES string of the molecule is CCNc1ccccc1C(=O)N(C)CC(=O)NC(C)C. The van der Waals surface area contributed by atoms with E-state index < -0.39 is 0 Å². The molecule has 0 aliphatic heterocycles. The zero-order valence-corrected chi connectivity index (χ0v) is 12.6. The van der Waals surface area contributed by atoms with Gasteiger partial charge in [0.1, 0.15) is 0 Å². The van der Waals surface area contributed by atoms with Crippen molar-refractivity contribution in [3.63, 3.8) is 0 Å². The number of rotatable bonds is 6. The van der Waals surface area contributed by atoms with Crippen LogP contribution in [0.5, 0.6) is 0 Å². The fourth-order valence-electron chi connectivity index (χ4n) is 1.87. The summed E-state index contributed by atoms with van der Waals surface area (Å²) in [5.41, 5.74) is 1.37. The second-order valence-corrected chi connectivity index (χ2v) is 4.96. The monoisotopic (exact) mass is 277 g/mol. The van der Waals surface area contributed by atoms with Gasteiger partial charge in [-0.3, -0.25) is 9.59 Å². The van der Waals surface area contributed by atoms with Gasteiger partial charge >= 0.3 is 0 Å². The standard InChI is InChI=1S/C15H23N3O2/c1-5-16-13-9-7-6-8-12(13)15(20)18(4)10-14(19)17-11(2)3/h6-9,11,16H,5,10H2,1-4H3,(H,17,19). The molecule has 0 fully saturated rings. The molecule has 5 nitrogen and oxygen atoms in total. The molecule has 0 heterocycles. The maximum Gasteiger partial charge on any atom is 0.256 e. The molecule has 0 spiro atoms. The second kappa shape index (κ2) is 7.53. The molecule has 2 amide bonds. The second-order valence-electron chi connectivity index (χ2n) is 4.96. The Balaban J connectivity index is 2.76. The van der Waals surface area contributed by atoms with Gasteiger partial charge in [0.25, 0.3) is 5.91 Å². The first-order valence-corrected chi connectivity index (χ1v) is 6.83. The maximum atomic E-state index is 12.4. The number of amides is 2. The predicted molar refractivity (Wildman–Crippen MR) is 80.8 cm³/mol. The lowest BCUT2D eigenvalue weighted by molar-refractivity contribution is -0.122. The molecule has 1 rings (SSSR count). The Morgan fingerprint density at radius 3 is 2.50 bits per heavy atom. The molecule has 0 unspecified atom stereocenters. The van der Waals surface area contributed by atoms with E-state index in [9.17, 15) is 9.59 Å². The van der Waals surface area contributed by atoms with Crippen LogP contribution in [0.25, 0.3) is 0 Å². The van der Waals surface area contributed by atoms with Gasteiger partial charge < -0.3 is 15.5 Å². The number of likely N-dealkylation sites (N-methyl/N-ethyl adjacent to an activating group) is 1. The summed E-state index contributed by atoms with van der Waals surface area (Å²) in [6.07, 6.45) is 0. The third-order valence-corrected chi connectivity index (χ3v) is 2.70. The first-order valence-electron chi connectivity index (χ1n) is 6.83. The number of carbonyl (C=O) groups excluding carboxylic acids is 2. The van der Waals surface area contributed by atoms with Crippen molar-refractivity contribution in [2.45, 2.75) is 26.8 Å². The van der Waals surface area contributed by atoms with E-state index in [0.29, 0.717) is 5.56 Å². The molecule has 1 aromatic carbocycles. The van der Waals surface area contributed by atoms with Gasteiger partial charge in [0.05, 0.1) is 12.1 Å². The van der Waals surface area contributed by atoms with Crippen LogP contribution in [0.15, 0.2) is 24.3 Å². The van der Waals surface area contributed by atoms with Crippen LogP contribution in [0.2, 0.25) is 0 Å². The molecule has 0 saturated heterocycles. The molecular formula is C15H23N3O2. The Labute approximate surface area is 120 Å². The topological polar surface area (TPSA) is 61.4 Å². The Kier molecular flexibility index (Phi) is 6.03. The van der Waals surface area contributed by atoms with E-state index in [-0.39, 0.29) is 24.4 Å². The summed E-state index contributed by atoms with van der Waals surface area (Å²) in [5, 5.41) is 5.92. The zero-order valence-electron chi connectivity index (χ0n) is 12.6. The summed E-state index contributed by atoms with van der Waals surface area (Å²) in [7, 11) is 1.63. The fraction of sp³-hybridized carbons (Fsp3) is 0.467. The Hall–Kier alpha value is -2.04. The van der Waals surface area contributed by atoms with Crippen molar-refractivity contribution in [2.24, 2.45) is 0 Å². The molecule has 0 bridgehead atoms. The van der Waals surface area contributed by atoms with Crippen molar-refractivity contribution in [2.75, 3.05) is 25.5 Å². The van der Waals surface area contributed by atoms with Crippen LogP contribution in [-0.2, 0) is 4.79 Å². The highest BCUT2D eigenvalue weighted by Crippen LogP contribution is 2.16. The van der Waals surface area contributed by atoms with Gasteiger partial charge in [-0.25, -0.2) is 0 Å². The Morgan fingerprint density at radius 1 is 1.25 bits per heavy atom. The minimum Gasteiger partial charge on any atom is -0.385 e. The lowest BCUT2D eigenvalue weighted by Crippen LogP contribution is -2.41. The van der Waals surface area contributed by atoms with Crippen LogP contribution in [0.4, 0.5) is 5.69 Å². The summed E-state index contributed by atoms with van der Waals surface area (Å²) in [6, 6.07) is 7.38. The van der Waals surface area contributed by atoms with Crippen molar-refractivity contribution in [3.8, 4) is 0 Å². The van der Waals surface area contributed by atoms with E-state index in [0.717, 1.165) is 12.2 Å². The van der Waals surface area contributed by atoms with E-state index in [4.69, 9.17) is 0 Å².